The zero-order valence-corrected chi connectivity index (χ0v) is 18.1. The summed E-state index contributed by atoms with van der Waals surface area (Å²) in [6.45, 7) is 1.88. The number of anilines is 3. The molecule has 7 rings (SSSR count). The van der Waals surface area contributed by atoms with E-state index in [4.69, 9.17) is 10.1 Å². The van der Waals surface area contributed by atoms with Crippen LogP contribution in [-0.4, -0.2) is 27.4 Å². The first-order valence-electron chi connectivity index (χ1n) is 11.0. The van der Waals surface area contributed by atoms with Crippen LogP contribution in [0.15, 0.2) is 83.9 Å². The number of benzene rings is 3. The molecule has 4 aromatic rings. The molecule has 1 atom stereocenters. The molecule has 34 heavy (non-hydrogen) atoms. The van der Waals surface area contributed by atoms with Gasteiger partial charge in [0.25, 0.3) is 11.8 Å². The molecule has 1 spiro atoms. The van der Waals surface area contributed by atoms with Gasteiger partial charge in [0.15, 0.2) is 11.4 Å². The Morgan fingerprint density at radius 1 is 0.824 bits per heavy atom. The third-order valence-corrected chi connectivity index (χ3v) is 6.65. The molecule has 0 saturated carbocycles. The summed E-state index contributed by atoms with van der Waals surface area (Å²) in [5, 5.41) is 10.8. The van der Waals surface area contributed by atoms with Crippen molar-refractivity contribution in [1.29, 1.82) is 0 Å². The van der Waals surface area contributed by atoms with E-state index in [0.717, 1.165) is 11.3 Å². The monoisotopic (exact) mass is 446 g/mol. The number of fused-ring (bicyclic) bond motifs is 8. The number of hydrogen-bond donors (Lipinski definition) is 2. The van der Waals surface area contributed by atoms with Crippen molar-refractivity contribution in [3.05, 3.63) is 95.7 Å². The first-order valence-corrected chi connectivity index (χ1v) is 11.0. The molecule has 0 radical (unpaired) electrons. The Morgan fingerprint density at radius 2 is 1.53 bits per heavy atom. The summed E-state index contributed by atoms with van der Waals surface area (Å²) < 4.78 is 1.71. The van der Waals surface area contributed by atoms with Crippen LogP contribution in [0.2, 0.25) is 0 Å². The Labute approximate surface area is 194 Å². The van der Waals surface area contributed by atoms with Crippen molar-refractivity contribution in [2.45, 2.75) is 12.5 Å². The maximum absolute atomic E-state index is 14.1. The molecule has 2 N–H and O–H groups in total. The van der Waals surface area contributed by atoms with Gasteiger partial charge in [0, 0.05) is 11.3 Å². The lowest BCUT2D eigenvalue weighted by atomic mass is 9.79. The Balaban J connectivity index is 1.64. The number of aryl methyl sites for hydroxylation is 1. The molecule has 0 aliphatic carbocycles. The number of nitrogens with one attached hydrogen (secondary N) is 2. The van der Waals surface area contributed by atoms with Gasteiger partial charge in [-0.15, -0.1) is 0 Å². The minimum absolute atomic E-state index is 0.148. The standard InChI is InChI=1S/C26H18N6O2/c1-15-21-22(32(30-15)16-9-3-2-4-10-16)29-23-24(33)27-19-13-7-8-14-20(19)31(23)26(21)17-11-5-6-12-18(17)28-25(26)34/h2-14H,1H3,(H,27,33)(H,28,34). The first-order chi connectivity index (χ1) is 16.6. The van der Waals surface area contributed by atoms with Crippen molar-refractivity contribution in [1.82, 2.24) is 9.78 Å². The van der Waals surface area contributed by atoms with Crippen LogP contribution in [0, 0.1) is 6.92 Å². The molecular formula is C26H18N6O2. The minimum atomic E-state index is -1.34. The van der Waals surface area contributed by atoms with Crippen molar-refractivity contribution in [2.75, 3.05) is 15.5 Å². The van der Waals surface area contributed by atoms with Gasteiger partial charge in [0.05, 0.1) is 28.3 Å². The maximum Gasteiger partial charge on any atom is 0.291 e. The molecular weight excluding hydrogens is 428 g/mol. The molecule has 8 heteroatoms. The second kappa shape index (κ2) is 6.41. The first kappa shape index (κ1) is 18.8. The van der Waals surface area contributed by atoms with Crippen molar-refractivity contribution >= 4 is 40.5 Å². The van der Waals surface area contributed by atoms with E-state index in [1.165, 1.54) is 0 Å². The summed E-state index contributed by atoms with van der Waals surface area (Å²) in [7, 11) is 0. The highest BCUT2D eigenvalue weighted by Crippen LogP contribution is 2.55. The highest BCUT2D eigenvalue weighted by atomic mass is 16.2. The smallest absolute Gasteiger partial charge is 0.291 e. The fourth-order valence-corrected chi connectivity index (χ4v) is 5.32. The molecule has 2 amide bonds. The third kappa shape index (κ3) is 2.17. The minimum Gasteiger partial charge on any atom is -0.323 e. The fourth-order valence-electron chi connectivity index (χ4n) is 5.32. The quantitative estimate of drug-likeness (QED) is 0.464. The number of hydrogen-bond acceptors (Lipinski definition) is 5. The second-order valence-electron chi connectivity index (χ2n) is 8.48. The van der Waals surface area contributed by atoms with Crippen LogP contribution in [0.3, 0.4) is 0 Å². The summed E-state index contributed by atoms with van der Waals surface area (Å²) in [5.41, 5.74) is 3.56. The molecule has 1 aromatic heterocycles. The number of carbonyl (C=O) groups excluding carboxylic acids is 2. The van der Waals surface area contributed by atoms with Crippen LogP contribution >= 0.6 is 0 Å². The molecule has 3 aliphatic rings. The lowest BCUT2D eigenvalue weighted by molar-refractivity contribution is -0.119. The largest absolute Gasteiger partial charge is 0.323 e. The number of para-hydroxylation sites is 4. The fraction of sp³-hybridized carbons (Fsp3) is 0.0769. The van der Waals surface area contributed by atoms with Gasteiger partial charge < -0.3 is 10.6 Å². The zero-order chi connectivity index (χ0) is 23.0. The molecule has 4 heterocycles. The third-order valence-electron chi connectivity index (χ3n) is 6.65. The molecule has 3 aromatic carbocycles. The summed E-state index contributed by atoms with van der Waals surface area (Å²) in [4.78, 5) is 34.0. The van der Waals surface area contributed by atoms with Crippen LogP contribution in [0.1, 0.15) is 16.8 Å². The van der Waals surface area contributed by atoms with Crippen LogP contribution in [0.25, 0.3) is 5.69 Å². The van der Waals surface area contributed by atoms with Crippen LogP contribution < -0.4 is 15.5 Å². The van der Waals surface area contributed by atoms with Crippen LogP contribution in [0.4, 0.5) is 22.9 Å². The molecule has 3 aliphatic heterocycles. The second-order valence-corrected chi connectivity index (χ2v) is 8.48. The molecule has 0 fully saturated rings. The number of amides is 2. The Morgan fingerprint density at radius 3 is 2.35 bits per heavy atom. The number of aromatic nitrogens is 2. The van der Waals surface area contributed by atoms with Crippen molar-refractivity contribution in [2.24, 2.45) is 4.99 Å². The lowest BCUT2D eigenvalue weighted by Gasteiger charge is -2.45. The predicted octanol–water partition coefficient (Wildman–Crippen LogP) is 3.88. The van der Waals surface area contributed by atoms with E-state index in [2.05, 4.69) is 10.6 Å². The Kier molecular flexibility index (Phi) is 3.55. The number of aliphatic imine (C=N–C) groups is 1. The van der Waals surface area contributed by atoms with E-state index in [1.807, 2.05) is 85.8 Å². The van der Waals surface area contributed by atoms with Gasteiger partial charge in [-0.05, 0) is 37.3 Å². The van der Waals surface area contributed by atoms with Gasteiger partial charge in [0.2, 0.25) is 5.84 Å². The molecule has 0 saturated heterocycles. The van der Waals surface area contributed by atoms with Gasteiger partial charge in [-0.25, -0.2) is 9.67 Å². The molecule has 1 unspecified atom stereocenters. The summed E-state index contributed by atoms with van der Waals surface area (Å²) in [6.07, 6.45) is 0. The zero-order valence-electron chi connectivity index (χ0n) is 18.1. The van der Waals surface area contributed by atoms with Crippen molar-refractivity contribution in [3.63, 3.8) is 0 Å². The molecule has 0 bridgehead atoms. The SMILES string of the molecule is Cc1nn(-c2ccccc2)c2c1C1(C(=O)Nc3ccccc31)N1C(=N2)C(=O)Nc2ccccc21. The summed E-state index contributed by atoms with van der Waals surface area (Å²) >= 11 is 0. The van der Waals surface area contributed by atoms with E-state index in [-0.39, 0.29) is 17.6 Å². The molecule has 8 nitrogen and oxygen atoms in total. The highest BCUT2D eigenvalue weighted by Gasteiger charge is 2.61. The normalized spacial score (nSPS) is 19.6. The maximum atomic E-state index is 14.1. The number of carbonyl (C=O) groups is 2. The van der Waals surface area contributed by atoms with Gasteiger partial charge in [-0.1, -0.05) is 48.5 Å². The lowest BCUT2D eigenvalue weighted by Crippen LogP contribution is -2.61. The average Bonchev–Trinajstić information content (AvgIpc) is 3.34. The summed E-state index contributed by atoms with van der Waals surface area (Å²) in [5.74, 6) is -0.00611. The predicted molar refractivity (Wildman–Crippen MR) is 129 cm³/mol. The van der Waals surface area contributed by atoms with E-state index in [0.29, 0.717) is 34.1 Å². The van der Waals surface area contributed by atoms with Crippen LogP contribution in [0.5, 0.6) is 0 Å². The van der Waals surface area contributed by atoms with E-state index in [9.17, 15) is 9.59 Å². The Hall–Kier alpha value is -4.72. The van der Waals surface area contributed by atoms with Gasteiger partial charge in [-0.3, -0.25) is 14.5 Å². The summed E-state index contributed by atoms with van der Waals surface area (Å²) in [6, 6.07) is 24.6. The van der Waals surface area contributed by atoms with Crippen molar-refractivity contribution < 1.29 is 9.59 Å². The van der Waals surface area contributed by atoms with Gasteiger partial charge >= 0.3 is 0 Å². The van der Waals surface area contributed by atoms with E-state index >= 15 is 0 Å². The highest BCUT2D eigenvalue weighted by molar-refractivity contribution is 6.51. The van der Waals surface area contributed by atoms with E-state index in [1.54, 1.807) is 9.58 Å². The average molecular weight is 446 g/mol. The number of amidine groups is 1. The topological polar surface area (TPSA) is 91.6 Å². The number of rotatable bonds is 1. The molecule has 164 valence electrons. The van der Waals surface area contributed by atoms with Crippen molar-refractivity contribution in [3.8, 4) is 5.69 Å². The Bertz CT molecular complexity index is 1570. The number of nitrogens with zero attached hydrogens (tertiary/aromatic N) is 4. The van der Waals surface area contributed by atoms with Gasteiger partial charge in [0.1, 0.15) is 0 Å². The van der Waals surface area contributed by atoms with E-state index < -0.39 is 5.54 Å². The van der Waals surface area contributed by atoms with Gasteiger partial charge in [-0.2, -0.15) is 5.10 Å². The van der Waals surface area contributed by atoms with Crippen LogP contribution in [-0.2, 0) is 15.1 Å².